The van der Waals surface area contributed by atoms with Gasteiger partial charge in [0.25, 0.3) is 5.56 Å². The maximum absolute atomic E-state index is 11.8. The fourth-order valence-electron chi connectivity index (χ4n) is 1.13. The largest absolute Gasteiger partial charge is 0.378 e. The van der Waals surface area contributed by atoms with Crippen LogP contribution >= 0.6 is 27.5 Å². The van der Waals surface area contributed by atoms with E-state index >= 15 is 0 Å². The highest BCUT2D eigenvalue weighted by Gasteiger charge is 2.10. The predicted molar refractivity (Wildman–Crippen MR) is 70.4 cm³/mol. The van der Waals surface area contributed by atoms with Gasteiger partial charge < -0.3 is 5.32 Å². The Morgan fingerprint density at radius 3 is 2.88 bits per heavy atom. The molecule has 0 aliphatic carbocycles. The minimum atomic E-state index is -0.290. The van der Waals surface area contributed by atoms with E-state index in [0.29, 0.717) is 12.2 Å². The molecule has 0 amide bonds. The van der Waals surface area contributed by atoms with Gasteiger partial charge in [-0.05, 0) is 13.8 Å². The molecule has 1 heterocycles. The van der Waals surface area contributed by atoms with Crippen LogP contribution in [-0.4, -0.2) is 16.3 Å². The lowest BCUT2D eigenvalue weighted by Gasteiger charge is -2.11. The van der Waals surface area contributed by atoms with Crippen molar-refractivity contribution in [1.82, 2.24) is 9.78 Å². The predicted octanol–water partition coefficient (Wildman–Crippen LogP) is 2.80. The van der Waals surface area contributed by atoms with Crippen molar-refractivity contribution in [2.24, 2.45) is 0 Å². The lowest BCUT2D eigenvalue weighted by atomic mass is 10.4. The number of rotatable bonds is 4. The minimum absolute atomic E-state index is 0.00908. The Balaban J connectivity index is 3.03. The molecular weight excluding hydrogens is 293 g/mol. The van der Waals surface area contributed by atoms with E-state index in [1.165, 1.54) is 4.68 Å². The smallest absolute Gasteiger partial charge is 0.287 e. The van der Waals surface area contributed by atoms with Crippen LogP contribution in [0.1, 0.15) is 19.9 Å². The summed E-state index contributed by atoms with van der Waals surface area (Å²) in [6.07, 6.45) is 1.54. The van der Waals surface area contributed by atoms with Crippen molar-refractivity contribution in [1.29, 1.82) is 0 Å². The molecule has 88 valence electrons. The molecule has 0 spiro atoms. The second-order valence-electron chi connectivity index (χ2n) is 3.59. The van der Waals surface area contributed by atoms with Crippen LogP contribution in [0.5, 0.6) is 0 Å². The van der Waals surface area contributed by atoms with Crippen LogP contribution in [0.15, 0.2) is 22.1 Å². The number of anilines is 1. The number of hydrogen-bond acceptors (Lipinski definition) is 3. The first-order chi connectivity index (χ1) is 7.43. The van der Waals surface area contributed by atoms with Gasteiger partial charge in [0.05, 0.1) is 17.9 Å². The van der Waals surface area contributed by atoms with Gasteiger partial charge in [-0.2, -0.15) is 5.10 Å². The Bertz CT molecular complexity index is 456. The molecule has 0 saturated carbocycles. The molecule has 1 aromatic heterocycles. The SMILES string of the molecule is C=C(Br)CNc1cnn(C(C)C)c(=O)c1Cl. The van der Waals surface area contributed by atoms with Gasteiger partial charge in [-0.25, -0.2) is 4.68 Å². The monoisotopic (exact) mass is 305 g/mol. The molecule has 0 fully saturated rings. The number of nitrogens with one attached hydrogen (secondary N) is 1. The van der Waals surface area contributed by atoms with Crippen molar-refractivity contribution in [3.05, 3.63) is 32.6 Å². The molecular formula is C10H13BrClN3O. The van der Waals surface area contributed by atoms with Crippen molar-refractivity contribution < 1.29 is 0 Å². The quantitative estimate of drug-likeness (QED) is 0.930. The van der Waals surface area contributed by atoms with Crippen LogP contribution in [0.4, 0.5) is 5.69 Å². The van der Waals surface area contributed by atoms with E-state index in [9.17, 15) is 4.79 Å². The fourth-order valence-corrected chi connectivity index (χ4v) is 1.47. The summed E-state index contributed by atoms with van der Waals surface area (Å²) in [7, 11) is 0. The standard InChI is InChI=1S/C10H13BrClN3O/c1-6(2)15-10(16)9(12)8(5-14-15)13-4-7(3)11/h5-6,13H,3-4H2,1-2H3. The van der Waals surface area contributed by atoms with Crippen LogP contribution in [0.25, 0.3) is 0 Å². The normalized spacial score (nSPS) is 10.6. The van der Waals surface area contributed by atoms with Gasteiger partial charge in [0.2, 0.25) is 0 Å². The van der Waals surface area contributed by atoms with Crippen molar-refractivity contribution in [2.75, 3.05) is 11.9 Å². The fraction of sp³-hybridized carbons (Fsp3) is 0.400. The Kier molecular flexibility index (Phi) is 4.56. The first-order valence-electron chi connectivity index (χ1n) is 4.78. The molecule has 0 unspecified atom stereocenters. The van der Waals surface area contributed by atoms with Gasteiger partial charge in [-0.3, -0.25) is 4.79 Å². The van der Waals surface area contributed by atoms with Crippen LogP contribution in [0, 0.1) is 0 Å². The Morgan fingerprint density at radius 1 is 1.75 bits per heavy atom. The summed E-state index contributed by atoms with van der Waals surface area (Å²) < 4.78 is 2.12. The van der Waals surface area contributed by atoms with Gasteiger partial charge in [0.15, 0.2) is 0 Å². The van der Waals surface area contributed by atoms with Crippen LogP contribution in [-0.2, 0) is 0 Å². The second-order valence-corrected chi connectivity index (χ2v) is 5.09. The third-order valence-electron chi connectivity index (χ3n) is 1.90. The van der Waals surface area contributed by atoms with E-state index in [4.69, 9.17) is 11.6 Å². The average molecular weight is 307 g/mol. The molecule has 0 atom stereocenters. The molecule has 0 aromatic carbocycles. The van der Waals surface area contributed by atoms with Crippen LogP contribution in [0.2, 0.25) is 5.02 Å². The summed E-state index contributed by atoms with van der Waals surface area (Å²) >= 11 is 9.15. The van der Waals surface area contributed by atoms with Crippen molar-refractivity contribution in [3.63, 3.8) is 0 Å². The zero-order chi connectivity index (χ0) is 12.3. The zero-order valence-electron chi connectivity index (χ0n) is 9.13. The first-order valence-corrected chi connectivity index (χ1v) is 5.95. The van der Waals surface area contributed by atoms with Crippen molar-refractivity contribution in [3.8, 4) is 0 Å². The lowest BCUT2D eigenvalue weighted by Crippen LogP contribution is -2.25. The van der Waals surface area contributed by atoms with E-state index in [1.807, 2.05) is 13.8 Å². The van der Waals surface area contributed by atoms with Crippen LogP contribution in [0.3, 0.4) is 0 Å². The topological polar surface area (TPSA) is 46.9 Å². The number of halogens is 2. The average Bonchev–Trinajstić information content (AvgIpc) is 2.19. The molecule has 0 aliphatic heterocycles. The highest BCUT2D eigenvalue weighted by atomic mass is 79.9. The molecule has 0 radical (unpaired) electrons. The molecule has 1 N–H and O–H groups in total. The number of nitrogens with zero attached hydrogens (tertiary/aromatic N) is 2. The van der Waals surface area contributed by atoms with E-state index < -0.39 is 0 Å². The van der Waals surface area contributed by atoms with Gasteiger partial charge in [-0.15, -0.1) is 0 Å². The summed E-state index contributed by atoms with van der Waals surface area (Å²) in [5.74, 6) is 0. The molecule has 0 bridgehead atoms. The third-order valence-corrected chi connectivity index (χ3v) is 2.55. The van der Waals surface area contributed by atoms with E-state index in [2.05, 4.69) is 32.9 Å². The van der Waals surface area contributed by atoms with Crippen molar-refractivity contribution in [2.45, 2.75) is 19.9 Å². The van der Waals surface area contributed by atoms with Gasteiger partial charge in [0.1, 0.15) is 5.02 Å². The summed E-state index contributed by atoms with van der Waals surface area (Å²) in [4.78, 5) is 11.8. The zero-order valence-corrected chi connectivity index (χ0v) is 11.5. The summed E-state index contributed by atoms with van der Waals surface area (Å²) in [5.41, 5.74) is 0.228. The Morgan fingerprint density at radius 2 is 2.38 bits per heavy atom. The molecule has 0 aliphatic rings. The Hall–Kier alpha value is -0.810. The first kappa shape index (κ1) is 13.3. The molecule has 1 rings (SSSR count). The van der Waals surface area contributed by atoms with Gasteiger partial charge >= 0.3 is 0 Å². The van der Waals surface area contributed by atoms with Gasteiger partial charge in [0, 0.05) is 11.0 Å². The summed E-state index contributed by atoms with van der Waals surface area (Å²) in [6, 6.07) is -0.00908. The maximum Gasteiger partial charge on any atom is 0.287 e. The second kappa shape index (κ2) is 5.50. The summed E-state index contributed by atoms with van der Waals surface area (Å²) in [6.45, 7) is 7.91. The number of hydrogen-bond donors (Lipinski definition) is 1. The van der Waals surface area contributed by atoms with Crippen molar-refractivity contribution >= 4 is 33.2 Å². The number of aromatic nitrogens is 2. The van der Waals surface area contributed by atoms with E-state index in [1.54, 1.807) is 6.20 Å². The van der Waals surface area contributed by atoms with E-state index in [-0.39, 0.29) is 16.6 Å². The van der Waals surface area contributed by atoms with Crippen LogP contribution < -0.4 is 10.9 Å². The van der Waals surface area contributed by atoms with E-state index in [0.717, 1.165) is 4.48 Å². The molecule has 0 saturated heterocycles. The Labute approximate surface area is 107 Å². The highest BCUT2D eigenvalue weighted by Crippen LogP contribution is 2.17. The summed E-state index contributed by atoms with van der Waals surface area (Å²) in [5, 5.41) is 7.14. The third kappa shape index (κ3) is 3.09. The van der Waals surface area contributed by atoms with Gasteiger partial charge in [-0.1, -0.05) is 34.1 Å². The maximum atomic E-state index is 11.8. The minimum Gasteiger partial charge on any atom is -0.378 e. The molecule has 4 nitrogen and oxygen atoms in total. The molecule has 16 heavy (non-hydrogen) atoms. The molecule has 1 aromatic rings. The molecule has 6 heteroatoms. The highest BCUT2D eigenvalue weighted by molar-refractivity contribution is 9.11. The lowest BCUT2D eigenvalue weighted by molar-refractivity contribution is 0.503.